The Bertz CT molecular complexity index is 857. The molecular formula is C28H35NO3. The van der Waals surface area contributed by atoms with E-state index in [2.05, 4.69) is 48.2 Å². The number of rotatable bonds is 13. The summed E-state index contributed by atoms with van der Waals surface area (Å²) in [5.74, 6) is 2.58. The van der Waals surface area contributed by atoms with Gasteiger partial charge < -0.3 is 19.1 Å². The first-order valence-corrected chi connectivity index (χ1v) is 11.6. The topological polar surface area (TPSA) is 30.9 Å². The molecule has 170 valence electrons. The number of nitrogens with zero attached hydrogens (tertiary/aromatic N) is 1. The first-order chi connectivity index (χ1) is 15.7. The number of anilines is 3. The number of hydrogen-bond acceptors (Lipinski definition) is 4. The molecule has 0 saturated heterocycles. The van der Waals surface area contributed by atoms with Crippen molar-refractivity contribution < 1.29 is 14.2 Å². The number of hydrogen-bond donors (Lipinski definition) is 0. The second-order valence-electron chi connectivity index (χ2n) is 7.84. The van der Waals surface area contributed by atoms with Gasteiger partial charge in [-0.25, -0.2) is 0 Å². The van der Waals surface area contributed by atoms with E-state index < -0.39 is 0 Å². The SMILES string of the molecule is CCCCCCCCOc1ccc(N(c2ccc(OC)cc2)c2ccc(OC)cc2)cc1. The summed E-state index contributed by atoms with van der Waals surface area (Å²) in [4.78, 5) is 2.20. The van der Waals surface area contributed by atoms with Crippen molar-refractivity contribution in [2.45, 2.75) is 45.4 Å². The average Bonchev–Trinajstić information content (AvgIpc) is 2.85. The lowest BCUT2D eigenvalue weighted by Crippen LogP contribution is -2.10. The Labute approximate surface area is 192 Å². The maximum Gasteiger partial charge on any atom is 0.119 e. The summed E-state index contributed by atoms with van der Waals surface area (Å²) in [6, 6.07) is 24.5. The Morgan fingerprint density at radius 2 is 0.938 bits per heavy atom. The lowest BCUT2D eigenvalue weighted by Gasteiger charge is -2.26. The summed E-state index contributed by atoms with van der Waals surface area (Å²) in [5, 5.41) is 0. The van der Waals surface area contributed by atoms with Crippen molar-refractivity contribution in [3.05, 3.63) is 72.8 Å². The quantitative estimate of drug-likeness (QED) is 0.256. The van der Waals surface area contributed by atoms with Gasteiger partial charge in [0.1, 0.15) is 17.2 Å². The van der Waals surface area contributed by atoms with Gasteiger partial charge in [0.2, 0.25) is 0 Å². The van der Waals surface area contributed by atoms with Crippen molar-refractivity contribution >= 4 is 17.1 Å². The maximum absolute atomic E-state index is 5.97. The van der Waals surface area contributed by atoms with Crippen LogP contribution in [0.2, 0.25) is 0 Å². The number of methoxy groups -OCH3 is 2. The molecule has 0 aromatic heterocycles. The van der Waals surface area contributed by atoms with Gasteiger partial charge in [-0.05, 0) is 79.2 Å². The largest absolute Gasteiger partial charge is 0.497 e. The fraction of sp³-hybridized carbons (Fsp3) is 0.357. The monoisotopic (exact) mass is 433 g/mol. The van der Waals surface area contributed by atoms with Crippen molar-refractivity contribution in [1.82, 2.24) is 0 Å². The van der Waals surface area contributed by atoms with Gasteiger partial charge in [0.25, 0.3) is 0 Å². The molecule has 4 nitrogen and oxygen atoms in total. The molecule has 0 radical (unpaired) electrons. The lowest BCUT2D eigenvalue weighted by atomic mass is 10.1. The first-order valence-electron chi connectivity index (χ1n) is 11.6. The molecule has 32 heavy (non-hydrogen) atoms. The fourth-order valence-electron chi connectivity index (χ4n) is 3.67. The number of unbranched alkanes of at least 4 members (excludes halogenated alkanes) is 5. The van der Waals surface area contributed by atoms with E-state index >= 15 is 0 Å². The minimum Gasteiger partial charge on any atom is -0.497 e. The molecule has 0 fully saturated rings. The van der Waals surface area contributed by atoms with Crippen LogP contribution in [0, 0.1) is 0 Å². The minimum absolute atomic E-state index is 0.770. The molecule has 0 aliphatic heterocycles. The highest BCUT2D eigenvalue weighted by Crippen LogP contribution is 2.36. The molecule has 0 unspecified atom stereocenters. The van der Waals surface area contributed by atoms with Crippen LogP contribution >= 0.6 is 0 Å². The molecule has 3 rings (SSSR count). The molecule has 0 saturated carbocycles. The Morgan fingerprint density at radius 1 is 0.531 bits per heavy atom. The van der Waals surface area contributed by atoms with Gasteiger partial charge >= 0.3 is 0 Å². The van der Waals surface area contributed by atoms with Crippen LogP contribution < -0.4 is 19.1 Å². The van der Waals surface area contributed by atoms with Gasteiger partial charge in [0.15, 0.2) is 0 Å². The predicted octanol–water partition coefficient (Wildman–Crippen LogP) is 7.91. The number of benzene rings is 3. The summed E-state index contributed by atoms with van der Waals surface area (Å²) >= 11 is 0. The third-order valence-electron chi connectivity index (χ3n) is 5.52. The molecule has 0 spiro atoms. The zero-order valence-electron chi connectivity index (χ0n) is 19.5. The molecule has 0 bridgehead atoms. The van der Waals surface area contributed by atoms with Crippen LogP contribution in [0.5, 0.6) is 17.2 Å². The molecule has 0 N–H and O–H groups in total. The standard InChI is InChI=1S/C28H35NO3/c1-4-5-6-7-8-9-22-32-28-20-14-25(15-21-28)29(23-10-16-26(30-2)17-11-23)24-12-18-27(31-3)19-13-24/h10-21H,4-9,22H2,1-3H3. The summed E-state index contributed by atoms with van der Waals surface area (Å²) in [7, 11) is 3.36. The van der Waals surface area contributed by atoms with E-state index in [0.29, 0.717) is 0 Å². The van der Waals surface area contributed by atoms with E-state index in [0.717, 1.165) is 47.3 Å². The van der Waals surface area contributed by atoms with Crippen LogP contribution in [0.3, 0.4) is 0 Å². The van der Waals surface area contributed by atoms with Gasteiger partial charge in [-0.3, -0.25) is 0 Å². The Balaban J connectivity index is 1.71. The lowest BCUT2D eigenvalue weighted by molar-refractivity contribution is 0.304. The highest BCUT2D eigenvalue weighted by atomic mass is 16.5. The highest BCUT2D eigenvalue weighted by Gasteiger charge is 2.13. The molecular weight excluding hydrogens is 398 g/mol. The Morgan fingerprint density at radius 3 is 1.38 bits per heavy atom. The fourth-order valence-corrected chi connectivity index (χ4v) is 3.67. The highest BCUT2D eigenvalue weighted by molar-refractivity contribution is 5.77. The minimum atomic E-state index is 0.770. The van der Waals surface area contributed by atoms with Crippen LogP contribution in [0.1, 0.15) is 45.4 Å². The zero-order valence-corrected chi connectivity index (χ0v) is 19.5. The second kappa shape index (κ2) is 12.7. The van der Waals surface area contributed by atoms with E-state index in [1.165, 1.54) is 32.1 Å². The van der Waals surface area contributed by atoms with Crippen LogP contribution in [0.25, 0.3) is 0 Å². The van der Waals surface area contributed by atoms with Crippen LogP contribution in [-0.2, 0) is 0 Å². The van der Waals surface area contributed by atoms with E-state index in [1.54, 1.807) is 14.2 Å². The Hall–Kier alpha value is -3.14. The normalized spacial score (nSPS) is 10.6. The van der Waals surface area contributed by atoms with Crippen LogP contribution in [0.15, 0.2) is 72.8 Å². The van der Waals surface area contributed by atoms with Crippen molar-refractivity contribution in [2.24, 2.45) is 0 Å². The number of ether oxygens (including phenoxy) is 3. The molecule has 0 heterocycles. The van der Waals surface area contributed by atoms with Crippen molar-refractivity contribution in [1.29, 1.82) is 0 Å². The van der Waals surface area contributed by atoms with Gasteiger partial charge in [-0.2, -0.15) is 0 Å². The van der Waals surface area contributed by atoms with Gasteiger partial charge in [-0.15, -0.1) is 0 Å². The predicted molar refractivity (Wildman–Crippen MR) is 133 cm³/mol. The third kappa shape index (κ3) is 6.68. The summed E-state index contributed by atoms with van der Waals surface area (Å²) in [6.45, 7) is 3.02. The van der Waals surface area contributed by atoms with Crippen LogP contribution in [0.4, 0.5) is 17.1 Å². The molecule has 0 aliphatic carbocycles. The smallest absolute Gasteiger partial charge is 0.119 e. The summed E-state index contributed by atoms with van der Waals surface area (Å²) in [6.07, 6.45) is 7.59. The van der Waals surface area contributed by atoms with E-state index in [4.69, 9.17) is 14.2 Å². The van der Waals surface area contributed by atoms with Gasteiger partial charge in [0.05, 0.1) is 20.8 Å². The summed E-state index contributed by atoms with van der Waals surface area (Å²) < 4.78 is 16.6. The van der Waals surface area contributed by atoms with Crippen molar-refractivity contribution in [3.63, 3.8) is 0 Å². The molecule has 3 aromatic carbocycles. The van der Waals surface area contributed by atoms with Gasteiger partial charge in [0, 0.05) is 17.1 Å². The zero-order chi connectivity index (χ0) is 22.6. The molecule has 4 heteroatoms. The van der Waals surface area contributed by atoms with E-state index in [9.17, 15) is 0 Å². The van der Waals surface area contributed by atoms with Crippen molar-refractivity contribution in [3.8, 4) is 17.2 Å². The maximum atomic E-state index is 5.97. The molecule has 0 amide bonds. The molecule has 0 aliphatic rings. The van der Waals surface area contributed by atoms with E-state index in [-0.39, 0.29) is 0 Å². The molecule has 3 aromatic rings. The molecule has 0 atom stereocenters. The van der Waals surface area contributed by atoms with Gasteiger partial charge in [-0.1, -0.05) is 39.0 Å². The summed E-state index contributed by atoms with van der Waals surface area (Å²) in [5.41, 5.74) is 3.17. The van der Waals surface area contributed by atoms with Crippen molar-refractivity contribution in [2.75, 3.05) is 25.7 Å². The van der Waals surface area contributed by atoms with Crippen LogP contribution in [-0.4, -0.2) is 20.8 Å². The Kier molecular flexibility index (Phi) is 9.30. The third-order valence-corrected chi connectivity index (χ3v) is 5.52. The first kappa shape index (κ1) is 23.5. The average molecular weight is 434 g/mol. The second-order valence-corrected chi connectivity index (χ2v) is 7.84. The van der Waals surface area contributed by atoms with E-state index in [1.807, 2.05) is 36.4 Å².